The number of benzene rings is 1. The van der Waals surface area contributed by atoms with Crippen molar-refractivity contribution in [1.29, 1.82) is 0 Å². The molecule has 3 N–H and O–H groups in total. The molecule has 1 aromatic carbocycles. The van der Waals surface area contributed by atoms with Crippen molar-refractivity contribution in [3.63, 3.8) is 0 Å². The van der Waals surface area contributed by atoms with Crippen LogP contribution in [-0.4, -0.2) is 23.0 Å². The highest BCUT2D eigenvalue weighted by molar-refractivity contribution is 7.99. The number of hydrogen-bond donors (Lipinski definition) is 2. The number of halogens is 1. The Balaban J connectivity index is 2.71. The molecule has 0 heterocycles. The molecule has 0 radical (unpaired) electrons. The predicted octanol–water partition coefficient (Wildman–Crippen LogP) is 3.01. The molecule has 0 aliphatic heterocycles. The first-order valence-electron chi connectivity index (χ1n) is 5.41. The largest absolute Gasteiger partial charge is 0.389 e. The first-order valence-corrected chi connectivity index (χ1v) is 7.11. The lowest BCUT2D eigenvalue weighted by Gasteiger charge is -2.13. The van der Waals surface area contributed by atoms with Crippen LogP contribution < -0.4 is 11.1 Å². The van der Waals surface area contributed by atoms with Gasteiger partial charge in [-0.05, 0) is 24.8 Å². The number of nitrogens with two attached hydrogens (primary N) is 1. The summed E-state index contributed by atoms with van der Waals surface area (Å²) in [6.07, 6.45) is 3.09. The number of anilines is 1. The van der Waals surface area contributed by atoms with Crippen LogP contribution in [0.1, 0.15) is 18.9 Å². The average molecular weight is 272 g/mol. The van der Waals surface area contributed by atoms with Gasteiger partial charge in [0.25, 0.3) is 0 Å². The zero-order valence-electron chi connectivity index (χ0n) is 10.00. The van der Waals surface area contributed by atoms with E-state index in [9.17, 15) is 4.39 Å². The van der Waals surface area contributed by atoms with E-state index in [1.807, 2.05) is 11.8 Å². The average Bonchev–Trinajstić information content (AvgIpc) is 2.28. The molecule has 5 heteroatoms. The molecule has 1 aromatic rings. The lowest BCUT2D eigenvalue weighted by Crippen LogP contribution is -2.16. The van der Waals surface area contributed by atoms with Crippen molar-refractivity contribution in [2.45, 2.75) is 18.6 Å². The smallest absolute Gasteiger partial charge is 0.135 e. The third kappa shape index (κ3) is 4.16. The Labute approximate surface area is 111 Å². The van der Waals surface area contributed by atoms with E-state index in [1.165, 1.54) is 6.07 Å². The number of hydrogen-bond acceptors (Lipinski definition) is 3. The second-order valence-corrected chi connectivity index (χ2v) is 5.50. The summed E-state index contributed by atoms with van der Waals surface area (Å²) < 4.78 is 13.5. The normalized spacial score (nSPS) is 12.2. The van der Waals surface area contributed by atoms with Gasteiger partial charge in [-0.3, -0.25) is 0 Å². The maximum Gasteiger partial charge on any atom is 0.135 e. The predicted molar refractivity (Wildman–Crippen MR) is 78.4 cm³/mol. The molecule has 0 amide bonds. The fourth-order valence-electron chi connectivity index (χ4n) is 1.45. The minimum absolute atomic E-state index is 0.0866. The first-order chi connectivity index (χ1) is 8.06. The van der Waals surface area contributed by atoms with Crippen LogP contribution in [0.5, 0.6) is 0 Å². The fourth-order valence-corrected chi connectivity index (χ4v) is 2.01. The van der Waals surface area contributed by atoms with Crippen molar-refractivity contribution in [1.82, 2.24) is 0 Å². The molecular formula is C12H17FN2S2. The highest BCUT2D eigenvalue weighted by Gasteiger charge is 2.10. The SMILES string of the molecule is CSC(C)CCNc1cccc(F)c1C(N)=S. The van der Waals surface area contributed by atoms with Gasteiger partial charge in [0, 0.05) is 17.5 Å². The summed E-state index contributed by atoms with van der Waals surface area (Å²) in [4.78, 5) is 0.0866. The van der Waals surface area contributed by atoms with Crippen LogP contribution in [0.2, 0.25) is 0 Å². The Morgan fingerprint density at radius 3 is 2.88 bits per heavy atom. The topological polar surface area (TPSA) is 38.0 Å². The molecule has 2 nitrogen and oxygen atoms in total. The maximum absolute atomic E-state index is 13.5. The van der Waals surface area contributed by atoms with E-state index in [-0.39, 0.29) is 10.8 Å². The highest BCUT2D eigenvalue weighted by atomic mass is 32.2. The molecule has 1 atom stereocenters. The Kier molecular flexibility index (Phi) is 5.71. The maximum atomic E-state index is 13.5. The first kappa shape index (κ1) is 14.3. The molecule has 0 saturated heterocycles. The third-order valence-electron chi connectivity index (χ3n) is 2.53. The van der Waals surface area contributed by atoms with Crippen molar-refractivity contribution in [3.8, 4) is 0 Å². The van der Waals surface area contributed by atoms with E-state index in [0.717, 1.165) is 13.0 Å². The van der Waals surface area contributed by atoms with Crippen LogP contribution in [0.3, 0.4) is 0 Å². The van der Waals surface area contributed by atoms with Crippen molar-refractivity contribution in [3.05, 3.63) is 29.6 Å². The number of thiocarbonyl (C=S) groups is 1. The minimum Gasteiger partial charge on any atom is -0.389 e. The highest BCUT2D eigenvalue weighted by Crippen LogP contribution is 2.19. The number of nitrogens with one attached hydrogen (secondary N) is 1. The molecule has 0 bridgehead atoms. The minimum atomic E-state index is -0.375. The Bertz CT molecular complexity index is 396. The van der Waals surface area contributed by atoms with Crippen molar-refractivity contribution < 1.29 is 4.39 Å². The van der Waals surface area contributed by atoms with Gasteiger partial charge in [0.1, 0.15) is 10.8 Å². The van der Waals surface area contributed by atoms with E-state index in [4.69, 9.17) is 18.0 Å². The monoisotopic (exact) mass is 272 g/mol. The molecule has 0 aliphatic carbocycles. The van der Waals surface area contributed by atoms with Crippen LogP contribution in [0, 0.1) is 5.82 Å². The molecule has 0 aliphatic rings. The van der Waals surface area contributed by atoms with Crippen LogP contribution in [0.15, 0.2) is 18.2 Å². The van der Waals surface area contributed by atoms with Crippen LogP contribution in [0.4, 0.5) is 10.1 Å². The van der Waals surface area contributed by atoms with Gasteiger partial charge in [-0.15, -0.1) is 0 Å². The van der Waals surface area contributed by atoms with Gasteiger partial charge in [0.05, 0.1) is 5.56 Å². The van der Waals surface area contributed by atoms with Crippen molar-refractivity contribution in [2.75, 3.05) is 18.1 Å². The molecule has 1 unspecified atom stereocenters. The molecule has 0 spiro atoms. The molecule has 0 aromatic heterocycles. The van der Waals surface area contributed by atoms with Crippen LogP contribution in [0.25, 0.3) is 0 Å². The zero-order valence-corrected chi connectivity index (χ0v) is 11.6. The Morgan fingerprint density at radius 1 is 1.59 bits per heavy atom. The lowest BCUT2D eigenvalue weighted by atomic mass is 10.1. The van der Waals surface area contributed by atoms with Crippen LogP contribution >= 0.6 is 24.0 Å². The summed E-state index contributed by atoms with van der Waals surface area (Å²) in [6, 6.07) is 4.81. The van der Waals surface area contributed by atoms with Gasteiger partial charge in [-0.2, -0.15) is 11.8 Å². The van der Waals surface area contributed by atoms with Gasteiger partial charge in [-0.1, -0.05) is 25.2 Å². The van der Waals surface area contributed by atoms with Crippen LogP contribution in [-0.2, 0) is 0 Å². The number of thioether (sulfide) groups is 1. The number of rotatable bonds is 6. The summed E-state index contributed by atoms with van der Waals surface area (Å²) in [5, 5.41) is 3.75. The van der Waals surface area contributed by atoms with Gasteiger partial charge < -0.3 is 11.1 Å². The molecule has 17 heavy (non-hydrogen) atoms. The van der Waals surface area contributed by atoms with E-state index in [0.29, 0.717) is 16.5 Å². The Morgan fingerprint density at radius 2 is 2.29 bits per heavy atom. The molecule has 0 saturated carbocycles. The van der Waals surface area contributed by atoms with E-state index < -0.39 is 0 Å². The van der Waals surface area contributed by atoms with E-state index >= 15 is 0 Å². The fraction of sp³-hybridized carbons (Fsp3) is 0.417. The summed E-state index contributed by atoms with van der Waals surface area (Å²) in [5.74, 6) is -0.375. The summed E-state index contributed by atoms with van der Waals surface area (Å²) in [7, 11) is 0. The second kappa shape index (κ2) is 6.81. The summed E-state index contributed by atoms with van der Waals surface area (Å²) in [5.41, 5.74) is 6.50. The van der Waals surface area contributed by atoms with E-state index in [2.05, 4.69) is 18.5 Å². The summed E-state index contributed by atoms with van der Waals surface area (Å²) >= 11 is 6.66. The quantitative estimate of drug-likeness (QED) is 0.781. The standard InChI is InChI=1S/C12H17FN2S2/c1-8(17-2)6-7-15-10-5-3-4-9(13)11(10)12(14)16/h3-5,8,15H,6-7H2,1-2H3,(H2,14,16). The second-order valence-electron chi connectivity index (χ2n) is 3.79. The lowest BCUT2D eigenvalue weighted by molar-refractivity contribution is 0.626. The molecule has 1 rings (SSSR count). The van der Waals surface area contributed by atoms with E-state index in [1.54, 1.807) is 12.1 Å². The summed E-state index contributed by atoms with van der Waals surface area (Å²) in [6.45, 7) is 2.94. The van der Waals surface area contributed by atoms with Crippen molar-refractivity contribution in [2.24, 2.45) is 5.73 Å². The molecule has 0 fully saturated rings. The van der Waals surface area contributed by atoms with Gasteiger partial charge in [0.2, 0.25) is 0 Å². The van der Waals surface area contributed by atoms with Gasteiger partial charge >= 0.3 is 0 Å². The Hall–Kier alpha value is -0.810. The third-order valence-corrected chi connectivity index (χ3v) is 3.77. The van der Waals surface area contributed by atoms with Gasteiger partial charge in [-0.25, -0.2) is 4.39 Å². The molecular weight excluding hydrogens is 255 g/mol. The van der Waals surface area contributed by atoms with Gasteiger partial charge in [0.15, 0.2) is 0 Å². The zero-order chi connectivity index (χ0) is 12.8. The van der Waals surface area contributed by atoms with Crippen molar-refractivity contribution >= 4 is 34.7 Å². The molecule has 94 valence electrons.